The summed E-state index contributed by atoms with van der Waals surface area (Å²) in [5, 5.41) is 18.9. The van der Waals surface area contributed by atoms with Crippen molar-refractivity contribution in [1.82, 2.24) is 0 Å². The van der Waals surface area contributed by atoms with Crippen LogP contribution in [0, 0.1) is 29.1 Å². The highest BCUT2D eigenvalue weighted by Gasteiger charge is 2.25. The molecule has 0 aliphatic rings. The third kappa shape index (κ3) is 4.13. The maximum absolute atomic E-state index is 13.2. The van der Waals surface area contributed by atoms with Crippen molar-refractivity contribution in [3.05, 3.63) is 29.1 Å². The molecule has 0 saturated heterocycles. The van der Waals surface area contributed by atoms with Crippen molar-refractivity contribution in [2.75, 3.05) is 11.9 Å². The smallest absolute Gasteiger partial charge is 0.256 e. The summed E-state index contributed by atoms with van der Waals surface area (Å²) in [5.41, 5.74) is -1.08. The van der Waals surface area contributed by atoms with Gasteiger partial charge in [0.25, 0.3) is 6.48 Å². The predicted octanol–water partition coefficient (Wildman–Crippen LogP) is 0.971. The van der Waals surface area contributed by atoms with E-state index in [1.807, 2.05) is 0 Å². The zero-order chi connectivity index (χ0) is 15.3. The summed E-state index contributed by atoms with van der Waals surface area (Å²) < 4.78 is 69.4. The van der Waals surface area contributed by atoms with E-state index in [4.69, 9.17) is 10.2 Å². The number of aliphatic hydroxyl groups excluding tert-OH is 1. The van der Waals surface area contributed by atoms with Gasteiger partial charge in [0.05, 0.1) is 0 Å². The fraction of sp³-hybridized carbons (Fsp3) is 0.400. The minimum atomic E-state index is -2.21. The average molecular weight is 317 g/mol. The Hall–Kier alpha value is -1.23. The molecule has 0 aromatic heterocycles. The lowest BCUT2D eigenvalue weighted by atomic mass is 10.2. The molecule has 0 aliphatic heterocycles. The van der Waals surface area contributed by atoms with Crippen LogP contribution < -0.4 is 5.32 Å². The van der Waals surface area contributed by atoms with Crippen molar-refractivity contribution in [1.29, 1.82) is 0 Å². The van der Waals surface area contributed by atoms with E-state index in [9.17, 15) is 22.0 Å². The number of benzene rings is 1. The summed E-state index contributed by atoms with van der Waals surface area (Å²) in [6, 6.07) is 0.431. The number of halogens is 5. The van der Waals surface area contributed by atoms with Crippen LogP contribution in [0.25, 0.3) is 0 Å². The first-order valence-electron chi connectivity index (χ1n) is 5.59. The standard InChI is InChI=1S/C10H12F5NO3Si/c11-4-5(12)7(14)9(8(15)6(4)13)16-2-1-3-20-19-10(17)18/h10,16-18H,1-3,20H2. The van der Waals surface area contributed by atoms with E-state index in [2.05, 4.69) is 9.74 Å². The van der Waals surface area contributed by atoms with Gasteiger partial charge in [0.1, 0.15) is 5.69 Å². The zero-order valence-electron chi connectivity index (χ0n) is 10.1. The van der Waals surface area contributed by atoms with E-state index in [0.29, 0.717) is 12.5 Å². The topological polar surface area (TPSA) is 61.7 Å². The molecule has 0 bridgehead atoms. The number of hydrogen-bond acceptors (Lipinski definition) is 4. The molecule has 0 unspecified atom stereocenters. The molecular weight excluding hydrogens is 305 g/mol. The molecule has 20 heavy (non-hydrogen) atoms. The van der Waals surface area contributed by atoms with E-state index < -0.39 is 51.0 Å². The van der Waals surface area contributed by atoms with Crippen LogP contribution in [0.4, 0.5) is 27.6 Å². The second-order valence-electron chi connectivity index (χ2n) is 3.78. The molecule has 0 radical (unpaired) electrons. The molecule has 1 rings (SSSR count). The Labute approximate surface area is 113 Å². The van der Waals surface area contributed by atoms with E-state index in [-0.39, 0.29) is 6.54 Å². The number of nitrogens with one attached hydrogen (secondary N) is 1. The normalized spacial score (nSPS) is 11.8. The molecule has 0 amide bonds. The molecule has 3 N–H and O–H groups in total. The van der Waals surface area contributed by atoms with Crippen LogP contribution in [-0.4, -0.2) is 33.0 Å². The van der Waals surface area contributed by atoms with Gasteiger partial charge < -0.3 is 20.0 Å². The van der Waals surface area contributed by atoms with Crippen molar-refractivity contribution in [2.24, 2.45) is 0 Å². The third-order valence-corrected chi connectivity index (χ3v) is 3.67. The first-order chi connectivity index (χ1) is 9.36. The fourth-order valence-corrected chi connectivity index (χ4v) is 2.22. The Morgan fingerprint density at radius 2 is 1.45 bits per heavy atom. The van der Waals surface area contributed by atoms with Crippen LogP contribution in [0.15, 0.2) is 0 Å². The quantitative estimate of drug-likeness (QED) is 0.175. The largest absolute Gasteiger partial charge is 0.380 e. The first kappa shape index (κ1) is 16.8. The molecule has 114 valence electrons. The van der Waals surface area contributed by atoms with Gasteiger partial charge in [-0.3, -0.25) is 0 Å². The molecule has 10 heteroatoms. The molecule has 1 aromatic carbocycles. The summed E-state index contributed by atoms with van der Waals surface area (Å²) in [6.45, 7) is -1.90. The molecule has 0 aliphatic carbocycles. The van der Waals surface area contributed by atoms with E-state index >= 15 is 0 Å². The Morgan fingerprint density at radius 3 is 1.95 bits per heavy atom. The van der Waals surface area contributed by atoms with Gasteiger partial charge >= 0.3 is 0 Å². The summed E-state index contributed by atoms with van der Waals surface area (Å²) in [5.74, 6) is -10.1. The summed E-state index contributed by atoms with van der Waals surface area (Å²) >= 11 is 0. The number of rotatable bonds is 7. The van der Waals surface area contributed by atoms with E-state index in [0.717, 1.165) is 0 Å². The number of anilines is 1. The van der Waals surface area contributed by atoms with Crippen LogP contribution in [-0.2, 0) is 4.43 Å². The monoisotopic (exact) mass is 317 g/mol. The summed E-state index contributed by atoms with van der Waals surface area (Å²) in [7, 11) is -1.21. The molecule has 0 heterocycles. The van der Waals surface area contributed by atoms with Gasteiger partial charge in [-0.15, -0.1) is 0 Å². The second kappa shape index (κ2) is 7.52. The zero-order valence-corrected chi connectivity index (χ0v) is 11.5. The second-order valence-corrected chi connectivity index (χ2v) is 5.22. The van der Waals surface area contributed by atoms with Crippen molar-refractivity contribution in [2.45, 2.75) is 18.9 Å². The van der Waals surface area contributed by atoms with Gasteiger partial charge in [-0.05, 0) is 12.5 Å². The van der Waals surface area contributed by atoms with E-state index in [1.165, 1.54) is 0 Å². The molecule has 0 atom stereocenters. The lowest BCUT2D eigenvalue weighted by molar-refractivity contribution is -0.180. The third-order valence-electron chi connectivity index (χ3n) is 2.35. The Bertz CT molecular complexity index is 446. The van der Waals surface area contributed by atoms with Gasteiger partial charge in [0.15, 0.2) is 33.0 Å². The van der Waals surface area contributed by atoms with Crippen molar-refractivity contribution in [3.63, 3.8) is 0 Å². The summed E-state index contributed by atoms with van der Waals surface area (Å²) in [6.07, 6.45) is 0.318. The van der Waals surface area contributed by atoms with Gasteiger partial charge in [-0.25, -0.2) is 22.0 Å². The minimum absolute atomic E-state index is 0.0454. The lowest BCUT2D eigenvalue weighted by Gasteiger charge is -2.10. The first-order valence-corrected chi connectivity index (χ1v) is 7.17. The summed E-state index contributed by atoms with van der Waals surface area (Å²) in [4.78, 5) is 0. The minimum Gasteiger partial charge on any atom is -0.380 e. The highest BCUT2D eigenvalue weighted by molar-refractivity contribution is 6.27. The molecule has 0 saturated carbocycles. The highest BCUT2D eigenvalue weighted by Crippen LogP contribution is 2.26. The molecule has 1 aromatic rings. The van der Waals surface area contributed by atoms with Crippen molar-refractivity contribution < 1.29 is 36.6 Å². The average Bonchev–Trinajstić information content (AvgIpc) is 2.41. The predicted molar refractivity (Wildman–Crippen MR) is 62.0 cm³/mol. The Morgan fingerprint density at radius 1 is 0.950 bits per heavy atom. The van der Waals surface area contributed by atoms with Crippen molar-refractivity contribution in [3.8, 4) is 0 Å². The van der Waals surface area contributed by atoms with Crippen LogP contribution in [0.2, 0.25) is 6.04 Å². The number of aliphatic hydroxyl groups is 2. The van der Waals surface area contributed by atoms with Gasteiger partial charge in [0, 0.05) is 6.54 Å². The van der Waals surface area contributed by atoms with Crippen LogP contribution >= 0.6 is 0 Å². The Balaban J connectivity index is 2.57. The van der Waals surface area contributed by atoms with Gasteiger partial charge in [0.2, 0.25) is 5.82 Å². The van der Waals surface area contributed by atoms with Gasteiger partial charge in [-0.2, -0.15) is 0 Å². The maximum Gasteiger partial charge on any atom is 0.256 e. The maximum atomic E-state index is 13.2. The van der Waals surface area contributed by atoms with Crippen LogP contribution in [0.1, 0.15) is 6.42 Å². The Kier molecular flexibility index (Phi) is 6.33. The van der Waals surface area contributed by atoms with Crippen LogP contribution in [0.3, 0.4) is 0 Å². The lowest BCUT2D eigenvalue weighted by Crippen LogP contribution is -2.15. The molecule has 0 spiro atoms. The fourth-order valence-electron chi connectivity index (χ4n) is 1.39. The molecule has 4 nitrogen and oxygen atoms in total. The molecule has 0 fully saturated rings. The SMILES string of the molecule is OC(O)O[SiH2]CCCNc1c(F)c(F)c(F)c(F)c1F. The molecular formula is C10H12F5NO3Si. The highest BCUT2D eigenvalue weighted by atomic mass is 28.2. The van der Waals surface area contributed by atoms with Gasteiger partial charge in [-0.1, -0.05) is 0 Å². The van der Waals surface area contributed by atoms with Crippen LogP contribution in [0.5, 0.6) is 0 Å². The number of hydrogen-bond donors (Lipinski definition) is 3. The van der Waals surface area contributed by atoms with Crippen molar-refractivity contribution >= 4 is 15.5 Å². The van der Waals surface area contributed by atoms with E-state index in [1.54, 1.807) is 0 Å².